The summed E-state index contributed by atoms with van der Waals surface area (Å²) < 4.78 is 5.98. The van der Waals surface area contributed by atoms with Crippen molar-refractivity contribution in [3.63, 3.8) is 0 Å². The Bertz CT molecular complexity index is 1090. The Morgan fingerprint density at radius 3 is 2.30 bits per heavy atom. The lowest BCUT2D eigenvalue weighted by molar-refractivity contribution is 0.281. The average Bonchev–Trinajstić information content (AvgIpc) is 2.93. The van der Waals surface area contributed by atoms with Crippen molar-refractivity contribution in [2.75, 3.05) is 19.6 Å². The minimum atomic E-state index is -0.272. The zero-order chi connectivity index (χ0) is 21.3. The molecule has 1 atom stereocenters. The van der Waals surface area contributed by atoms with Gasteiger partial charge in [0.05, 0.1) is 5.92 Å². The van der Waals surface area contributed by atoms with E-state index in [2.05, 4.69) is 17.9 Å². The molecule has 6 heteroatoms. The van der Waals surface area contributed by atoms with E-state index in [0.717, 1.165) is 35.4 Å². The fourth-order valence-corrected chi connectivity index (χ4v) is 4.19. The second kappa shape index (κ2) is 8.57. The topological polar surface area (TPSA) is 62.3 Å². The highest BCUT2D eigenvalue weighted by atomic mass is 35.5. The van der Waals surface area contributed by atoms with Gasteiger partial charge < -0.3 is 10.5 Å². The molecule has 0 fully saturated rings. The number of likely N-dealkylation sites (N-methyl/N-ethyl adjacent to an activating group) is 1. The van der Waals surface area contributed by atoms with Gasteiger partial charge >= 0.3 is 0 Å². The van der Waals surface area contributed by atoms with Crippen LogP contribution in [0.4, 0.5) is 0 Å². The molecule has 0 saturated heterocycles. The van der Waals surface area contributed by atoms with Crippen LogP contribution in [0.15, 0.2) is 77.4 Å². The number of benzene rings is 2. The fraction of sp³-hybridized carbons (Fsp3) is 0.208. The molecule has 2 aromatic carbocycles. The van der Waals surface area contributed by atoms with Gasteiger partial charge in [0.15, 0.2) is 0 Å². The molecule has 0 aliphatic carbocycles. The van der Waals surface area contributed by atoms with Crippen molar-refractivity contribution < 1.29 is 4.74 Å². The number of nitrogens with two attached hydrogens (primary N) is 1. The third-order valence-corrected chi connectivity index (χ3v) is 6.02. The minimum absolute atomic E-state index is 0.146. The Hall–Kier alpha value is -2.71. The number of hydrogen-bond donors (Lipinski definition) is 1. The number of rotatable bonds is 3. The molecular formula is C24H21Cl2N3O. The zero-order valence-electron chi connectivity index (χ0n) is 16.5. The fourth-order valence-electron chi connectivity index (χ4n) is 3.94. The van der Waals surface area contributed by atoms with Crippen molar-refractivity contribution in [2.24, 2.45) is 5.73 Å². The van der Waals surface area contributed by atoms with Crippen molar-refractivity contribution in [2.45, 2.75) is 12.8 Å². The minimum Gasteiger partial charge on any atom is -0.440 e. The van der Waals surface area contributed by atoms with Crippen LogP contribution in [0.1, 0.15) is 24.0 Å². The monoisotopic (exact) mass is 437 g/mol. The molecule has 4 nitrogen and oxygen atoms in total. The van der Waals surface area contributed by atoms with Gasteiger partial charge in [-0.25, -0.2) is 0 Å². The normalized spacial score (nSPS) is 19.5. The summed E-state index contributed by atoms with van der Waals surface area (Å²) in [4.78, 5) is 2.32. The summed E-state index contributed by atoms with van der Waals surface area (Å²) in [6.45, 7) is 4.41. The van der Waals surface area contributed by atoms with Gasteiger partial charge in [-0.2, -0.15) is 5.26 Å². The summed E-state index contributed by atoms with van der Waals surface area (Å²) >= 11 is 12.2. The molecule has 152 valence electrons. The summed E-state index contributed by atoms with van der Waals surface area (Å²) in [6, 6.07) is 17.6. The van der Waals surface area contributed by atoms with E-state index in [1.807, 2.05) is 54.6 Å². The van der Waals surface area contributed by atoms with Gasteiger partial charge in [0.2, 0.25) is 5.88 Å². The van der Waals surface area contributed by atoms with E-state index in [0.29, 0.717) is 27.9 Å². The van der Waals surface area contributed by atoms with Gasteiger partial charge in [0, 0.05) is 23.1 Å². The van der Waals surface area contributed by atoms with Crippen LogP contribution in [0, 0.1) is 11.3 Å². The molecule has 2 heterocycles. The van der Waals surface area contributed by atoms with Gasteiger partial charge in [-0.3, -0.25) is 4.90 Å². The van der Waals surface area contributed by atoms with Crippen LogP contribution >= 0.6 is 23.2 Å². The van der Waals surface area contributed by atoms with E-state index in [9.17, 15) is 5.26 Å². The predicted molar refractivity (Wildman–Crippen MR) is 121 cm³/mol. The van der Waals surface area contributed by atoms with Crippen molar-refractivity contribution in [1.29, 1.82) is 5.26 Å². The largest absolute Gasteiger partial charge is 0.440 e. The maximum atomic E-state index is 9.83. The second-order valence-electron chi connectivity index (χ2n) is 7.35. The van der Waals surface area contributed by atoms with Gasteiger partial charge in [-0.15, -0.1) is 0 Å². The Balaban J connectivity index is 1.86. The molecule has 2 aliphatic rings. The predicted octanol–water partition coefficient (Wildman–Crippen LogP) is 5.47. The molecule has 1 unspecified atom stereocenters. The highest BCUT2D eigenvalue weighted by molar-refractivity contribution is 6.30. The van der Waals surface area contributed by atoms with E-state index >= 15 is 0 Å². The lowest BCUT2D eigenvalue weighted by atomic mass is 9.83. The number of ether oxygens (including phenoxy) is 1. The molecule has 0 saturated carbocycles. The van der Waals surface area contributed by atoms with Crippen molar-refractivity contribution in [3.8, 4) is 6.07 Å². The maximum absolute atomic E-state index is 9.83. The molecule has 0 aromatic heterocycles. The van der Waals surface area contributed by atoms with Crippen LogP contribution in [0.3, 0.4) is 0 Å². The second-order valence-corrected chi connectivity index (χ2v) is 8.22. The quantitative estimate of drug-likeness (QED) is 0.690. The van der Waals surface area contributed by atoms with Gasteiger partial charge in [0.1, 0.15) is 17.4 Å². The Labute approximate surface area is 186 Å². The van der Waals surface area contributed by atoms with E-state index in [4.69, 9.17) is 33.7 Å². The molecular weight excluding hydrogens is 417 g/mol. The molecule has 0 spiro atoms. The summed E-state index contributed by atoms with van der Waals surface area (Å²) in [5.74, 6) is 0.575. The first-order valence-corrected chi connectivity index (χ1v) is 10.5. The maximum Gasteiger partial charge on any atom is 0.205 e. The lowest BCUT2D eigenvalue weighted by Crippen LogP contribution is -2.30. The van der Waals surface area contributed by atoms with Gasteiger partial charge in [-0.05, 0) is 59.2 Å². The third kappa shape index (κ3) is 3.97. The first-order valence-electron chi connectivity index (χ1n) is 9.75. The molecule has 2 aliphatic heterocycles. The first-order chi connectivity index (χ1) is 14.5. The zero-order valence-corrected chi connectivity index (χ0v) is 18.0. The molecule has 2 N–H and O–H groups in total. The number of nitrogens with zero attached hydrogens (tertiary/aromatic N) is 2. The Morgan fingerprint density at radius 1 is 1.07 bits per heavy atom. The van der Waals surface area contributed by atoms with E-state index in [1.54, 1.807) is 0 Å². The lowest BCUT2D eigenvalue weighted by Gasteiger charge is -2.30. The highest BCUT2D eigenvalue weighted by Gasteiger charge is 2.34. The standard InChI is InChI=1S/C24H21Cl2N3O/c1-2-29-13-17(15-3-7-18(25)8-4-15)11-22-21(14-29)23(20(12-27)24(28)30-22)16-5-9-19(26)10-6-16/h3-11,23H,2,13-14,28H2,1H3. The first kappa shape index (κ1) is 20.6. The van der Waals surface area contributed by atoms with E-state index in [1.165, 1.54) is 0 Å². The summed E-state index contributed by atoms with van der Waals surface area (Å²) in [6.07, 6.45) is 2.04. The Morgan fingerprint density at radius 2 is 1.70 bits per heavy atom. The van der Waals surface area contributed by atoms with Crippen LogP contribution in [0.2, 0.25) is 10.0 Å². The molecule has 0 amide bonds. The Kier molecular flexibility index (Phi) is 5.87. The van der Waals surface area contributed by atoms with Gasteiger partial charge in [-0.1, -0.05) is 54.4 Å². The van der Waals surface area contributed by atoms with Crippen molar-refractivity contribution in [1.82, 2.24) is 4.90 Å². The van der Waals surface area contributed by atoms with Crippen molar-refractivity contribution >= 4 is 28.8 Å². The number of allylic oxidation sites excluding steroid dienone is 2. The smallest absolute Gasteiger partial charge is 0.205 e. The summed E-state index contributed by atoms with van der Waals surface area (Å²) in [5, 5.41) is 11.2. The average molecular weight is 438 g/mol. The molecule has 0 radical (unpaired) electrons. The molecule has 4 rings (SSSR count). The van der Waals surface area contributed by atoms with Crippen LogP contribution in [0.25, 0.3) is 5.57 Å². The van der Waals surface area contributed by atoms with Gasteiger partial charge in [0.25, 0.3) is 0 Å². The summed E-state index contributed by atoms with van der Waals surface area (Å²) in [5.41, 5.74) is 10.8. The molecule has 30 heavy (non-hydrogen) atoms. The highest BCUT2D eigenvalue weighted by Crippen LogP contribution is 2.42. The van der Waals surface area contributed by atoms with Crippen LogP contribution < -0.4 is 5.73 Å². The van der Waals surface area contributed by atoms with Crippen LogP contribution in [-0.4, -0.2) is 24.5 Å². The summed E-state index contributed by atoms with van der Waals surface area (Å²) in [7, 11) is 0. The number of nitriles is 1. The number of halogens is 2. The molecule has 2 aromatic rings. The number of hydrogen-bond acceptors (Lipinski definition) is 4. The third-order valence-electron chi connectivity index (χ3n) is 5.52. The van der Waals surface area contributed by atoms with E-state index < -0.39 is 0 Å². The van der Waals surface area contributed by atoms with Crippen molar-refractivity contribution in [3.05, 3.63) is 98.6 Å². The SMILES string of the molecule is CCN1CC(c2ccc(Cl)cc2)=CC2=C(C1)C(c1ccc(Cl)cc1)C(C#N)=C(N)O2. The van der Waals surface area contributed by atoms with Crippen LogP contribution in [-0.2, 0) is 4.74 Å². The molecule has 0 bridgehead atoms. The van der Waals surface area contributed by atoms with E-state index in [-0.39, 0.29) is 11.8 Å². The van der Waals surface area contributed by atoms with Crippen LogP contribution in [0.5, 0.6) is 0 Å².